The Morgan fingerprint density at radius 3 is 0.853 bits per heavy atom. The molecule has 0 amide bonds. The van der Waals surface area contributed by atoms with Crippen LogP contribution in [-0.4, -0.2) is 9.79 Å². The van der Waals surface area contributed by atoms with Gasteiger partial charge in [-0.2, -0.15) is 4.20 Å². The number of halogens is 1. The molecule has 0 spiro atoms. The van der Waals surface area contributed by atoms with Gasteiger partial charge in [0.15, 0.2) is 0 Å². The van der Waals surface area contributed by atoms with Gasteiger partial charge in [0.25, 0.3) is 0 Å². The lowest BCUT2D eigenvalue weighted by Crippen LogP contribution is -2.19. The summed E-state index contributed by atoms with van der Waals surface area (Å²) in [7, 11) is -3.12. The standard InChI is InChI=1S/C30H46.FH2O2P/c1-20(21-14-23(27(2,3)4)18-24(15-21)28(5,6)7)22-16-25(29(8,9)10)19-26(17-22)30(11,12)13;1-4(2)3/h14-20H,1-13H3;2-3H. The van der Waals surface area contributed by atoms with E-state index < -0.39 is 8.69 Å². The summed E-state index contributed by atoms with van der Waals surface area (Å²) in [5.74, 6) is 0.358. The molecule has 2 nitrogen and oxygen atoms in total. The van der Waals surface area contributed by atoms with Crippen molar-refractivity contribution < 1.29 is 14.0 Å². The average Bonchev–Trinajstić information content (AvgIpc) is 2.63. The molecule has 4 heteroatoms. The Bertz CT molecular complexity index is 809. The molecule has 2 rings (SSSR count). The van der Waals surface area contributed by atoms with Gasteiger partial charge < -0.3 is 9.79 Å². The van der Waals surface area contributed by atoms with Crippen molar-refractivity contribution in [2.75, 3.05) is 0 Å². The summed E-state index contributed by atoms with van der Waals surface area (Å²) in [6.45, 7) is 30.2. The molecule has 2 aromatic carbocycles. The minimum absolute atomic E-state index is 0.138. The third kappa shape index (κ3) is 9.06. The summed E-state index contributed by atoms with van der Waals surface area (Å²) in [6.07, 6.45) is 0. The van der Waals surface area contributed by atoms with Crippen molar-refractivity contribution in [2.45, 2.75) is 118 Å². The van der Waals surface area contributed by atoms with Gasteiger partial charge >= 0.3 is 8.69 Å². The quantitative estimate of drug-likeness (QED) is 0.412. The summed E-state index contributed by atoms with van der Waals surface area (Å²) in [4.78, 5) is 14.0. The minimum Gasteiger partial charge on any atom is -0.325 e. The first-order valence-corrected chi connectivity index (χ1v) is 13.3. The van der Waals surface area contributed by atoms with Gasteiger partial charge in [0.2, 0.25) is 0 Å². The third-order valence-electron chi connectivity index (χ3n) is 6.37. The van der Waals surface area contributed by atoms with Gasteiger partial charge in [-0.1, -0.05) is 126 Å². The van der Waals surface area contributed by atoms with Crippen LogP contribution in [0.3, 0.4) is 0 Å². The number of hydrogen-bond donors (Lipinski definition) is 2. The second kappa shape index (κ2) is 10.8. The largest absolute Gasteiger partial charge is 0.369 e. The van der Waals surface area contributed by atoms with Crippen LogP contribution in [0.2, 0.25) is 0 Å². The molecule has 0 aliphatic rings. The molecule has 0 atom stereocenters. The lowest BCUT2D eigenvalue weighted by atomic mass is 9.75. The lowest BCUT2D eigenvalue weighted by molar-refractivity contribution is 0.428. The topological polar surface area (TPSA) is 40.5 Å². The van der Waals surface area contributed by atoms with Crippen LogP contribution in [0.15, 0.2) is 36.4 Å². The molecule has 2 aromatic rings. The normalized spacial score (nSPS) is 13.2. The van der Waals surface area contributed by atoms with Gasteiger partial charge in [-0.3, -0.25) is 0 Å². The molecule has 2 N–H and O–H groups in total. The van der Waals surface area contributed by atoms with Crippen LogP contribution in [0.25, 0.3) is 0 Å². The van der Waals surface area contributed by atoms with Crippen molar-refractivity contribution in [3.8, 4) is 0 Å². The van der Waals surface area contributed by atoms with Crippen LogP contribution in [-0.2, 0) is 21.7 Å². The zero-order chi connectivity index (χ0) is 26.9. The Morgan fingerprint density at radius 1 is 0.529 bits per heavy atom. The maximum atomic E-state index is 10.2. The summed E-state index contributed by atoms with van der Waals surface area (Å²) < 4.78 is 10.2. The lowest BCUT2D eigenvalue weighted by Gasteiger charge is -2.29. The fourth-order valence-electron chi connectivity index (χ4n) is 3.73. The highest BCUT2D eigenvalue weighted by Gasteiger charge is 2.25. The minimum atomic E-state index is -3.12. The molecule has 34 heavy (non-hydrogen) atoms. The van der Waals surface area contributed by atoms with Crippen molar-refractivity contribution >= 4 is 8.69 Å². The highest BCUT2D eigenvalue weighted by molar-refractivity contribution is 7.38. The smallest absolute Gasteiger partial charge is 0.325 e. The fourth-order valence-corrected chi connectivity index (χ4v) is 3.73. The fraction of sp³-hybridized carbons (Fsp3) is 0.600. The summed E-state index contributed by atoms with van der Waals surface area (Å²) in [5, 5.41) is 0. The van der Waals surface area contributed by atoms with E-state index in [1.807, 2.05) is 0 Å². The first-order valence-electron chi connectivity index (χ1n) is 12.2. The Morgan fingerprint density at radius 2 is 0.706 bits per heavy atom. The van der Waals surface area contributed by atoms with E-state index >= 15 is 0 Å². The monoisotopic (exact) mass is 490 g/mol. The zero-order valence-corrected chi connectivity index (χ0v) is 24.7. The van der Waals surface area contributed by atoms with Crippen molar-refractivity contribution in [1.82, 2.24) is 0 Å². The van der Waals surface area contributed by atoms with Crippen LogP contribution in [0.4, 0.5) is 4.20 Å². The van der Waals surface area contributed by atoms with E-state index in [0.29, 0.717) is 5.92 Å². The zero-order valence-electron chi connectivity index (χ0n) is 23.8. The van der Waals surface area contributed by atoms with E-state index in [4.69, 9.17) is 9.79 Å². The molecule has 0 aliphatic carbocycles. The highest BCUT2D eigenvalue weighted by atomic mass is 31.2. The number of rotatable bonds is 2. The maximum Gasteiger partial charge on any atom is 0.369 e. The van der Waals surface area contributed by atoms with E-state index in [9.17, 15) is 4.20 Å². The van der Waals surface area contributed by atoms with Gasteiger partial charge in [0.05, 0.1) is 0 Å². The third-order valence-corrected chi connectivity index (χ3v) is 6.37. The molecule has 192 valence electrons. The molecule has 0 heterocycles. The van der Waals surface area contributed by atoms with E-state index in [2.05, 4.69) is 126 Å². The number of hydrogen-bond acceptors (Lipinski definition) is 2. The summed E-state index contributed by atoms with van der Waals surface area (Å²) in [5.41, 5.74) is 9.13. The maximum absolute atomic E-state index is 10.2. The number of benzene rings is 2. The first kappa shape index (κ1) is 30.8. The van der Waals surface area contributed by atoms with Crippen LogP contribution in [0, 0.1) is 0 Å². The van der Waals surface area contributed by atoms with E-state index in [1.165, 1.54) is 33.4 Å². The van der Waals surface area contributed by atoms with Crippen LogP contribution < -0.4 is 0 Å². The van der Waals surface area contributed by atoms with Crippen molar-refractivity contribution in [2.24, 2.45) is 0 Å². The predicted molar refractivity (Wildman–Crippen MR) is 148 cm³/mol. The Balaban J connectivity index is 0.00000133. The molecule has 0 aliphatic heterocycles. The van der Waals surface area contributed by atoms with Gasteiger partial charge in [0, 0.05) is 5.92 Å². The Hall–Kier alpha value is -1.28. The molecule has 0 saturated heterocycles. The second-order valence-electron chi connectivity index (χ2n) is 13.6. The van der Waals surface area contributed by atoms with Gasteiger partial charge in [-0.15, -0.1) is 0 Å². The van der Waals surface area contributed by atoms with E-state index in [-0.39, 0.29) is 21.7 Å². The van der Waals surface area contributed by atoms with Gasteiger partial charge in [-0.05, 0) is 55.0 Å². The molecule has 0 saturated carbocycles. The van der Waals surface area contributed by atoms with E-state index in [1.54, 1.807) is 0 Å². The Kier molecular flexibility index (Phi) is 9.74. The van der Waals surface area contributed by atoms with Crippen molar-refractivity contribution in [3.63, 3.8) is 0 Å². The molecule has 0 unspecified atom stereocenters. The first-order chi connectivity index (χ1) is 15.0. The SMILES string of the molecule is CC(c1cc(C(C)(C)C)cc(C(C)(C)C)c1)c1cc(C(C)(C)C)cc(C(C)(C)C)c1.OP(O)F. The Labute approximate surface area is 210 Å². The molecule has 0 radical (unpaired) electrons. The summed E-state index contributed by atoms with van der Waals surface area (Å²) >= 11 is 0. The highest BCUT2D eigenvalue weighted by Crippen LogP contribution is 2.37. The molecule has 0 aromatic heterocycles. The molecular weight excluding hydrogens is 442 g/mol. The van der Waals surface area contributed by atoms with Crippen molar-refractivity contribution in [3.05, 3.63) is 69.8 Å². The van der Waals surface area contributed by atoms with Crippen LogP contribution >= 0.6 is 8.69 Å². The van der Waals surface area contributed by atoms with Crippen LogP contribution in [0.1, 0.15) is 129 Å². The van der Waals surface area contributed by atoms with Crippen molar-refractivity contribution in [1.29, 1.82) is 0 Å². The van der Waals surface area contributed by atoms with E-state index in [0.717, 1.165) is 0 Å². The van der Waals surface area contributed by atoms with Crippen LogP contribution in [0.5, 0.6) is 0 Å². The van der Waals surface area contributed by atoms with Gasteiger partial charge in [-0.25, -0.2) is 0 Å². The second-order valence-corrected chi connectivity index (χ2v) is 14.1. The molecule has 0 fully saturated rings. The molecular formula is C30H48FO2P. The summed E-state index contributed by atoms with van der Waals surface area (Å²) in [6, 6.07) is 14.6. The molecule has 0 bridgehead atoms. The average molecular weight is 491 g/mol. The predicted octanol–water partition coefficient (Wildman–Crippen LogP) is 9.20. The van der Waals surface area contributed by atoms with Gasteiger partial charge in [0.1, 0.15) is 0 Å².